The van der Waals surface area contributed by atoms with Crippen LogP contribution in [-0.2, 0) is 16.1 Å². The number of carbonyl (C=O) groups excluding carboxylic acids is 1. The lowest BCUT2D eigenvalue weighted by molar-refractivity contribution is -0.134. The van der Waals surface area contributed by atoms with Crippen LogP contribution in [0.2, 0.25) is 5.02 Å². The lowest BCUT2D eigenvalue weighted by atomic mass is 10.1. The van der Waals surface area contributed by atoms with Crippen molar-refractivity contribution in [2.45, 2.75) is 6.54 Å². The molecular formula is C18H15ClFN3O2. The van der Waals surface area contributed by atoms with Gasteiger partial charge in [0.25, 0.3) is 0 Å². The van der Waals surface area contributed by atoms with Gasteiger partial charge in [-0.2, -0.15) is 5.10 Å². The van der Waals surface area contributed by atoms with E-state index >= 15 is 0 Å². The van der Waals surface area contributed by atoms with Gasteiger partial charge in [0, 0.05) is 27.7 Å². The molecule has 0 saturated heterocycles. The Morgan fingerprint density at radius 2 is 2.16 bits per heavy atom. The minimum Gasteiger partial charge on any atom is -0.466 e. The summed E-state index contributed by atoms with van der Waals surface area (Å²) >= 11 is 5.79. The molecule has 0 aliphatic carbocycles. The summed E-state index contributed by atoms with van der Waals surface area (Å²) in [5, 5.41) is 5.59. The first kappa shape index (κ1) is 17.0. The lowest BCUT2D eigenvalue weighted by Gasteiger charge is -2.06. The second-order valence-electron chi connectivity index (χ2n) is 5.41. The number of halogens is 2. The largest absolute Gasteiger partial charge is 0.466 e. The SMILES string of the molecule is COC(=O)C=Cc1nn(Cc2ccc(Cl)cc2F)c2cc(N)ccc12. The maximum Gasteiger partial charge on any atom is 0.330 e. The van der Waals surface area contributed by atoms with Gasteiger partial charge in [-0.05, 0) is 36.4 Å². The average Bonchev–Trinajstić information content (AvgIpc) is 2.92. The Bertz CT molecular complexity index is 982. The molecule has 128 valence electrons. The first-order valence-corrected chi connectivity index (χ1v) is 7.81. The molecule has 0 aliphatic rings. The van der Waals surface area contributed by atoms with Crippen LogP contribution in [0.1, 0.15) is 11.3 Å². The van der Waals surface area contributed by atoms with E-state index in [1.165, 1.54) is 19.3 Å². The second-order valence-corrected chi connectivity index (χ2v) is 5.85. The quantitative estimate of drug-likeness (QED) is 0.438. The fourth-order valence-electron chi connectivity index (χ4n) is 2.49. The molecule has 0 aliphatic heterocycles. The second kappa shape index (κ2) is 6.94. The van der Waals surface area contributed by atoms with Gasteiger partial charge in [-0.1, -0.05) is 17.7 Å². The minimum absolute atomic E-state index is 0.203. The molecule has 5 nitrogen and oxygen atoms in total. The number of ether oxygens (including phenoxy) is 1. The number of hydrogen-bond acceptors (Lipinski definition) is 4. The Morgan fingerprint density at radius 1 is 1.36 bits per heavy atom. The summed E-state index contributed by atoms with van der Waals surface area (Å²) < 4.78 is 20.3. The fraction of sp³-hybridized carbons (Fsp3) is 0.111. The van der Waals surface area contributed by atoms with Crippen molar-refractivity contribution in [2.75, 3.05) is 12.8 Å². The van der Waals surface area contributed by atoms with E-state index in [1.807, 2.05) is 6.07 Å². The Balaban J connectivity index is 2.06. The van der Waals surface area contributed by atoms with E-state index in [9.17, 15) is 9.18 Å². The fourth-order valence-corrected chi connectivity index (χ4v) is 2.65. The number of aromatic nitrogens is 2. The molecule has 3 aromatic rings. The predicted octanol–water partition coefficient (Wildman–Crippen LogP) is 3.65. The van der Waals surface area contributed by atoms with Crippen molar-refractivity contribution in [1.82, 2.24) is 9.78 Å². The molecule has 2 N–H and O–H groups in total. The van der Waals surface area contributed by atoms with Crippen molar-refractivity contribution in [3.63, 3.8) is 0 Å². The number of rotatable bonds is 4. The van der Waals surface area contributed by atoms with Crippen LogP contribution in [-0.4, -0.2) is 22.9 Å². The number of nitrogens with two attached hydrogens (primary N) is 1. The van der Waals surface area contributed by atoms with E-state index in [4.69, 9.17) is 17.3 Å². The molecule has 0 unspecified atom stereocenters. The Morgan fingerprint density at radius 3 is 2.88 bits per heavy atom. The highest BCUT2D eigenvalue weighted by Gasteiger charge is 2.12. The highest BCUT2D eigenvalue weighted by atomic mass is 35.5. The van der Waals surface area contributed by atoms with Crippen LogP contribution in [0, 0.1) is 5.82 Å². The molecule has 0 radical (unpaired) electrons. The molecule has 25 heavy (non-hydrogen) atoms. The van der Waals surface area contributed by atoms with Gasteiger partial charge in [0.15, 0.2) is 0 Å². The van der Waals surface area contributed by atoms with Gasteiger partial charge in [0.2, 0.25) is 0 Å². The Labute approximate surface area is 148 Å². The normalized spacial score (nSPS) is 11.3. The standard InChI is InChI=1S/C18H15ClFN3O2/c1-25-18(24)7-6-16-14-5-4-13(21)9-17(14)23(22-16)10-11-2-3-12(19)8-15(11)20/h2-9H,10,21H2,1H3. The zero-order valence-corrected chi connectivity index (χ0v) is 14.1. The first-order valence-electron chi connectivity index (χ1n) is 7.44. The highest BCUT2D eigenvalue weighted by Crippen LogP contribution is 2.24. The van der Waals surface area contributed by atoms with Gasteiger partial charge in [0.1, 0.15) is 5.82 Å². The third kappa shape index (κ3) is 3.64. The van der Waals surface area contributed by atoms with Crippen molar-refractivity contribution >= 4 is 40.2 Å². The Hall–Kier alpha value is -2.86. The lowest BCUT2D eigenvalue weighted by Crippen LogP contribution is -2.04. The van der Waals surface area contributed by atoms with Crippen LogP contribution in [0.4, 0.5) is 10.1 Å². The van der Waals surface area contributed by atoms with Crippen molar-refractivity contribution in [2.24, 2.45) is 0 Å². The summed E-state index contributed by atoms with van der Waals surface area (Å²) in [5.41, 5.74) is 8.17. The van der Waals surface area contributed by atoms with E-state index in [-0.39, 0.29) is 6.54 Å². The molecule has 0 amide bonds. The third-order valence-corrected chi connectivity index (χ3v) is 3.95. The number of methoxy groups -OCH3 is 1. The minimum atomic E-state index is -0.484. The van der Waals surface area contributed by atoms with Crippen molar-refractivity contribution in [1.29, 1.82) is 0 Å². The molecular weight excluding hydrogens is 345 g/mol. The van der Waals surface area contributed by atoms with E-state index < -0.39 is 11.8 Å². The van der Waals surface area contributed by atoms with Gasteiger partial charge in [0.05, 0.1) is 24.9 Å². The topological polar surface area (TPSA) is 70.1 Å². The van der Waals surface area contributed by atoms with Crippen LogP contribution >= 0.6 is 11.6 Å². The molecule has 0 spiro atoms. The van der Waals surface area contributed by atoms with E-state index in [2.05, 4.69) is 9.84 Å². The number of benzene rings is 2. The van der Waals surface area contributed by atoms with Gasteiger partial charge >= 0.3 is 5.97 Å². The first-order chi connectivity index (χ1) is 12.0. The zero-order valence-electron chi connectivity index (χ0n) is 13.4. The van der Waals surface area contributed by atoms with Crippen molar-refractivity contribution < 1.29 is 13.9 Å². The van der Waals surface area contributed by atoms with Gasteiger partial charge < -0.3 is 10.5 Å². The van der Waals surface area contributed by atoms with Gasteiger partial charge in [-0.15, -0.1) is 0 Å². The summed E-state index contributed by atoms with van der Waals surface area (Å²) in [6, 6.07) is 9.80. The van der Waals surface area contributed by atoms with Crippen LogP contribution in [0.3, 0.4) is 0 Å². The summed E-state index contributed by atoms with van der Waals surface area (Å²) in [6.07, 6.45) is 2.84. The monoisotopic (exact) mass is 359 g/mol. The maximum atomic E-state index is 14.1. The molecule has 0 atom stereocenters. The van der Waals surface area contributed by atoms with E-state index in [0.717, 1.165) is 10.9 Å². The summed E-state index contributed by atoms with van der Waals surface area (Å²) in [5.74, 6) is -0.895. The number of anilines is 1. The molecule has 0 saturated carbocycles. The molecule has 1 aromatic heterocycles. The molecule has 3 rings (SSSR count). The van der Waals surface area contributed by atoms with Crippen molar-refractivity contribution in [3.8, 4) is 0 Å². The molecule has 0 bridgehead atoms. The summed E-state index contributed by atoms with van der Waals surface area (Å²) in [7, 11) is 1.30. The smallest absolute Gasteiger partial charge is 0.330 e. The van der Waals surface area contributed by atoms with E-state index in [0.29, 0.717) is 22.0 Å². The summed E-state index contributed by atoms with van der Waals surface area (Å²) in [4.78, 5) is 11.3. The van der Waals surface area contributed by atoms with Crippen LogP contribution < -0.4 is 5.73 Å². The average molecular weight is 360 g/mol. The van der Waals surface area contributed by atoms with Crippen LogP contribution in [0.15, 0.2) is 42.5 Å². The number of hydrogen-bond donors (Lipinski definition) is 1. The van der Waals surface area contributed by atoms with E-state index in [1.54, 1.807) is 35.0 Å². The zero-order chi connectivity index (χ0) is 18.0. The van der Waals surface area contributed by atoms with Crippen LogP contribution in [0.5, 0.6) is 0 Å². The van der Waals surface area contributed by atoms with Crippen LogP contribution in [0.25, 0.3) is 17.0 Å². The number of nitrogens with zero attached hydrogens (tertiary/aromatic N) is 2. The number of esters is 1. The molecule has 2 aromatic carbocycles. The number of carbonyl (C=O) groups is 1. The third-order valence-electron chi connectivity index (χ3n) is 3.72. The highest BCUT2D eigenvalue weighted by molar-refractivity contribution is 6.30. The Kier molecular flexibility index (Phi) is 4.72. The number of nitrogen functional groups attached to an aromatic ring is 1. The van der Waals surface area contributed by atoms with Gasteiger partial charge in [-0.3, -0.25) is 4.68 Å². The van der Waals surface area contributed by atoms with Crippen molar-refractivity contribution in [3.05, 3.63) is 64.6 Å². The molecule has 7 heteroatoms. The molecule has 0 fully saturated rings. The van der Waals surface area contributed by atoms with Gasteiger partial charge in [-0.25, -0.2) is 9.18 Å². The number of fused-ring (bicyclic) bond motifs is 1. The predicted molar refractivity (Wildman–Crippen MR) is 95.7 cm³/mol. The maximum absolute atomic E-state index is 14.1. The summed E-state index contributed by atoms with van der Waals surface area (Å²) in [6.45, 7) is 0.203. The molecule has 1 heterocycles.